The Morgan fingerprint density at radius 3 is 2.19 bits per heavy atom. The van der Waals surface area contributed by atoms with Crippen molar-refractivity contribution in [2.24, 2.45) is 4.99 Å². The highest BCUT2D eigenvalue weighted by Crippen LogP contribution is 2.21. The van der Waals surface area contributed by atoms with Crippen LogP contribution in [0.2, 0.25) is 0 Å². The van der Waals surface area contributed by atoms with E-state index >= 15 is 0 Å². The summed E-state index contributed by atoms with van der Waals surface area (Å²) in [4.78, 5) is 5.52. The number of sulfonamides is 1. The van der Waals surface area contributed by atoms with Gasteiger partial charge in [-0.25, -0.2) is 13.1 Å². The fraction of sp³-hybridized carbons (Fsp3) is 0.409. The Morgan fingerprint density at radius 2 is 1.58 bits per heavy atom. The fourth-order valence-electron chi connectivity index (χ4n) is 2.89. The topological polar surface area (TPSA) is 82.6 Å². The van der Waals surface area contributed by atoms with E-state index in [1.165, 1.54) is 4.90 Å². The highest BCUT2D eigenvalue weighted by Gasteiger charge is 2.15. The summed E-state index contributed by atoms with van der Waals surface area (Å²) in [6.07, 6.45) is 0. The molecule has 0 aliphatic heterocycles. The monoisotopic (exact) mass is 576 g/mol. The largest absolute Gasteiger partial charge is 0.355 e. The van der Waals surface area contributed by atoms with Crippen molar-refractivity contribution in [1.82, 2.24) is 15.4 Å². The molecule has 0 amide bonds. The quantitative estimate of drug-likeness (QED) is 0.173. The van der Waals surface area contributed by atoms with Crippen LogP contribution in [0, 0.1) is 0 Å². The van der Waals surface area contributed by atoms with Crippen LogP contribution < -0.4 is 15.4 Å². The zero-order valence-corrected chi connectivity index (χ0v) is 22.4. The van der Waals surface area contributed by atoms with Crippen LogP contribution in [0.5, 0.6) is 0 Å². The molecule has 3 N–H and O–H groups in total. The first-order valence-corrected chi connectivity index (χ1v) is 12.5. The Morgan fingerprint density at radius 1 is 0.968 bits per heavy atom. The Kier molecular flexibility index (Phi) is 12.5. The number of halogens is 1. The number of guanidine groups is 1. The molecule has 0 saturated heterocycles. The van der Waals surface area contributed by atoms with Crippen molar-refractivity contribution < 1.29 is 8.42 Å². The summed E-state index contributed by atoms with van der Waals surface area (Å²) in [5.41, 5.74) is 1.71. The molecule has 31 heavy (non-hydrogen) atoms. The molecule has 0 bridgehead atoms. The molecule has 0 spiro atoms. The van der Waals surface area contributed by atoms with E-state index in [0.717, 1.165) is 17.7 Å². The van der Waals surface area contributed by atoms with Crippen LogP contribution in [0.4, 0.5) is 0 Å². The molecule has 0 saturated carbocycles. The number of nitrogens with one attached hydrogen (secondary N) is 3. The maximum atomic E-state index is 12.3. The molecular formula is C22H33IN4O2S2. The number of aliphatic imine (C=N–C) groups is 1. The molecule has 9 heteroatoms. The standard InChI is InChI=1S/C22H32N4O2S2.HI/c1-17(2)26-30(27,28)16-20-11-9-8-10-19(20)15-25-22(23-4)24-14-18(3)29-21-12-6-5-7-13-21;/h5-13,17-18,26H,14-16H2,1-4H3,(H2,23,24,25);1H. The van der Waals surface area contributed by atoms with E-state index in [9.17, 15) is 8.42 Å². The van der Waals surface area contributed by atoms with Gasteiger partial charge in [0.05, 0.1) is 5.75 Å². The predicted molar refractivity (Wildman–Crippen MR) is 143 cm³/mol. The minimum atomic E-state index is -3.38. The van der Waals surface area contributed by atoms with Crippen LogP contribution in [0.1, 0.15) is 31.9 Å². The first-order valence-electron chi connectivity index (χ1n) is 10.0. The molecule has 172 valence electrons. The average molecular weight is 577 g/mol. The minimum Gasteiger partial charge on any atom is -0.355 e. The van der Waals surface area contributed by atoms with E-state index in [0.29, 0.717) is 17.8 Å². The minimum absolute atomic E-state index is 0. The SMILES string of the molecule is CN=C(NCc1ccccc1CS(=O)(=O)NC(C)C)NCC(C)Sc1ccccc1.I. The lowest BCUT2D eigenvalue weighted by atomic mass is 10.1. The summed E-state index contributed by atoms with van der Waals surface area (Å²) in [7, 11) is -1.65. The molecule has 6 nitrogen and oxygen atoms in total. The Hall–Kier alpha value is -1.30. The summed E-state index contributed by atoms with van der Waals surface area (Å²) >= 11 is 1.81. The zero-order valence-electron chi connectivity index (χ0n) is 18.5. The van der Waals surface area contributed by atoms with Gasteiger partial charge in [-0.05, 0) is 37.1 Å². The van der Waals surface area contributed by atoms with E-state index in [4.69, 9.17) is 0 Å². The van der Waals surface area contributed by atoms with E-state index < -0.39 is 10.0 Å². The van der Waals surface area contributed by atoms with Crippen LogP contribution in [-0.4, -0.2) is 39.3 Å². The summed E-state index contributed by atoms with van der Waals surface area (Å²) in [5.74, 6) is 0.647. The van der Waals surface area contributed by atoms with Gasteiger partial charge in [0.15, 0.2) is 5.96 Å². The number of nitrogens with zero attached hydrogens (tertiary/aromatic N) is 1. The van der Waals surface area contributed by atoms with Gasteiger partial charge >= 0.3 is 0 Å². The molecule has 1 atom stereocenters. The smallest absolute Gasteiger partial charge is 0.216 e. The predicted octanol–water partition coefficient (Wildman–Crippen LogP) is 3.98. The highest BCUT2D eigenvalue weighted by atomic mass is 127. The van der Waals surface area contributed by atoms with E-state index in [-0.39, 0.29) is 35.8 Å². The second kappa shape index (κ2) is 14.0. The van der Waals surface area contributed by atoms with Crippen LogP contribution in [0.3, 0.4) is 0 Å². The fourth-order valence-corrected chi connectivity index (χ4v) is 5.33. The lowest BCUT2D eigenvalue weighted by Gasteiger charge is -2.17. The van der Waals surface area contributed by atoms with E-state index in [1.54, 1.807) is 18.8 Å². The second-order valence-electron chi connectivity index (χ2n) is 7.35. The third kappa shape index (κ3) is 10.7. The highest BCUT2D eigenvalue weighted by molar-refractivity contribution is 14.0. The van der Waals surface area contributed by atoms with Crippen LogP contribution in [0.15, 0.2) is 64.5 Å². The van der Waals surface area contributed by atoms with Crippen LogP contribution in [-0.2, 0) is 22.3 Å². The summed E-state index contributed by atoms with van der Waals surface area (Å²) in [6.45, 7) is 7.05. The van der Waals surface area contributed by atoms with Crippen LogP contribution >= 0.6 is 35.7 Å². The average Bonchev–Trinajstić information content (AvgIpc) is 2.68. The van der Waals surface area contributed by atoms with Gasteiger partial charge in [0.2, 0.25) is 10.0 Å². The Labute approximate surface area is 208 Å². The molecule has 0 aromatic heterocycles. The van der Waals surface area contributed by atoms with Crippen molar-refractivity contribution in [3.63, 3.8) is 0 Å². The number of rotatable bonds is 10. The first-order chi connectivity index (χ1) is 14.3. The number of hydrogen-bond acceptors (Lipinski definition) is 4. The first kappa shape index (κ1) is 27.7. The molecule has 2 aromatic carbocycles. The molecule has 0 heterocycles. The molecule has 2 aromatic rings. The van der Waals surface area contributed by atoms with Crippen molar-refractivity contribution in [2.45, 2.75) is 49.3 Å². The van der Waals surface area contributed by atoms with Gasteiger partial charge in [0, 0.05) is 36.3 Å². The second-order valence-corrected chi connectivity index (χ2v) is 10.6. The molecule has 0 aliphatic rings. The number of hydrogen-bond donors (Lipinski definition) is 3. The lowest BCUT2D eigenvalue weighted by molar-refractivity contribution is 0.568. The van der Waals surface area contributed by atoms with Gasteiger partial charge < -0.3 is 10.6 Å². The third-order valence-electron chi connectivity index (χ3n) is 4.19. The molecule has 0 radical (unpaired) electrons. The van der Waals surface area contributed by atoms with Crippen molar-refractivity contribution >= 4 is 51.7 Å². The molecule has 1 unspecified atom stereocenters. The summed E-state index contributed by atoms with van der Waals surface area (Å²) in [6, 6.07) is 17.7. The van der Waals surface area contributed by atoms with E-state index in [2.05, 4.69) is 39.4 Å². The molecule has 0 fully saturated rings. The van der Waals surface area contributed by atoms with Crippen molar-refractivity contribution in [1.29, 1.82) is 0 Å². The normalized spacial score (nSPS) is 12.9. The summed E-state index contributed by atoms with van der Waals surface area (Å²) < 4.78 is 27.3. The van der Waals surface area contributed by atoms with Gasteiger partial charge in [-0.3, -0.25) is 4.99 Å². The van der Waals surface area contributed by atoms with Crippen molar-refractivity contribution in [3.05, 3.63) is 65.7 Å². The molecule has 2 rings (SSSR count). The molecular weight excluding hydrogens is 543 g/mol. The van der Waals surface area contributed by atoms with Crippen molar-refractivity contribution in [2.75, 3.05) is 13.6 Å². The zero-order chi connectivity index (χ0) is 22.0. The van der Waals surface area contributed by atoms with Gasteiger partial charge in [0.1, 0.15) is 0 Å². The Balaban J connectivity index is 0.00000480. The van der Waals surface area contributed by atoms with E-state index in [1.807, 2.05) is 56.3 Å². The number of thioether (sulfide) groups is 1. The van der Waals surface area contributed by atoms with Crippen molar-refractivity contribution in [3.8, 4) is 0 Å². The maximum Gasteiger partial charge on any atom is 0.216 e. The Bertz CT molecular complexity index is 922. The van der Waals surface area contributed by atoms with Gasteiger partial charge in [-0.2, -0.15) is 0 Å². The van der Waals surface area contributed by atoms with Gasteiger partial charge in [-0.1, -0.05) is 49.4 Å². The number of benzene rings is 2. The van der Waals surface area contributed by atoms with Gasteiger partial charge in [-0.15, -0.1) is 35.7 Å². The van der Waals surface area contributed by atoms with Gasteiger partial charge in [0.25, 0.3) is 0 Å². The summed E-state index contributed by atoms with van der Waals surface area (Å²) in [5, 5.41) is 6.99. The maximum absolute atomic E-state index is 12.3. The lowest BCUT2D eigenvalue weighted by Crippen LogP contribution is -2.39. The van der Waals surface area contributed by atoms with Crippen LogP contribution in [0.25, 0.3) is 0 Å². The molecule has 0 aliphatic carbocycles. The third-order valence-corrected chi connectivity index (χ3v) is 6.82.